The van der Waals surface area contributed by atoms with E-state index in [0.717, 1.165) is 41.9 Å². The summed E-state index contributed by atoms with van der Waals surface area (Å²) in [5, 5.41) is 4.50. The lowest BCUT2D eigenvalue weighted by Crippen LogP contribution is -2.49. The van der Waals surface area contributed by atoms with E-state index < -0.39 is 0 Å². The van der Waals surface area contributed by atoms with Gasteiger partial charge in [0.05, 0.1) is 12.1 Å². The molecule has 0 bridgehead atoms. The van der Waals surface area contributed by atoms with Gasteiger partial charge in [-0.3, -0.25) is 9.69 Å². The van der Waals surface area contributed by atoms with Crippen LogP contribution in [0.15, 0.2) is 59.4 Å². The van der Waals surface area contributed by atoms with Crippen molar-refractivity contribution in [3.8, 4) is 11.5 Å². The number of para-hydroxylation sites is 1. The summed E-state index contributed by atoms with van der Waals surface area (Å²) >= 11 is 0. The summed E-state index contributed by atoms with van der Waals surface area (Å²) in [6.07, 6.45) is 0. The van der Waals surface area contributed by atoms with E-state index >= 15 is 0 Å². The van der Waals surface area contributed by atoms with Crippen LogP contribution >= 0.6 is 0 Å². The highest BCUT2D eigenvalue weighted by atomic mass is 16.5. The number of fused-ring (bicyclic) bond motifs is 1. The molecule has 1 fully saturated rings. The molecular formula is C25H31N3O3. The van der Waals surface area contributed by atoms with Gasteiger partial charge in [0.25, 0.3) is 5.56 Å². The number of pyridine rings is 1. The fourth-order valence-corrected chi connectivity index (χ4v) is 4.13. The molecule has 31 heavy (non-hydrogen) atoms. The van der Waals surface area contributed by atoms with E-state index in [1.165, 1.54) is 0 Å². The highest BCUT2D eigenvalue weighted by molar-refractivity contribution is 5.81. The van der Waals surface area contributed by atoms with Crippen LogP contribution in [0, 0.1) is 0 Å². The molecule has 6 heteroatoms. The molecule has 0 radical (unpaired) electrons. The molecule has 1 N–H and O–H groups in total. The van der Waals surface area contributed by atoms with Crippen LogP contribution in [0.4, 0.5) is 0 Å². The van der Waals surface area contributed by atoms with Gasteiger partial charge in [-0.15, -0.1) is 0 Å². The minimum Gasteiger partial charge on any atom is -0.457 e. The predicted molar refractivity (Wildman–Crippen MR) is 124 cm³/mol. The maximum Gasteiger partial charge on any atom is 0.255 e. The minimum absolute atomic E-state index is 0.0512. The number of ether oxygens (including phenoxy) is 2. The van der Waals surface area contributed by atoms with Crippen LogP contribution in [0.2, 0.25) is 0 Å². The van der Waals surface area contributed by atoms with Crippen molar-refractivity contribution < 1.29 is 9.47 Å². The third-order valence-corrected chi connectivity index (χ3v) is 5.63. The van der Waals surface area contributed by atoms with E-state index in [-0.39, 0.29) is 5.56 Å². The van der Waals surface area contributed by atoms with E-state index in [9.17, 15) is 4.79 Å². The van der Waals surface area contributed by atoms with E-state index in [0.29, 0.717) is 38.1 Å². The number of rotatable bonds is 8. The maximum atomic E-state index is 13.4. The molecule has 6 nitrogen and oxygen atoms in total. The van der Waals surface area contributed by atoms with Crippen molar-refractivity contribution in [3.63, 3.8) is 0 Å². The van der Waals surface area contributed by atoms with Gasteiger partial charge in [0.2, 0.25) is 0 Å². The predicted octanol–water partition coefficient (Wildman–Crippen LogP) is 3.62. The number of aromatic nitrogens is 1. The quantitative estimate of drug-likeness (QED) is 0.563. The first-order valence-electron chi connectivity index (χ1n) is 11.1. The first kappa shape index (κ1) is 21.6. The van der Waals surface area contributed by atoms with Gasteiger partial charge in [0.15, 0.2) is 0 Å². The molecule has 1 atom stereocenters. The van der Waals surface area contributed by atoms with Crippen molar-refractivity contribution >= 4 is 10.9 Å². The number of benzene rings is 2. The van der Waals surface area contributed by atoms with Crippen LogP contribution in [0.25, 0.3) is 10.9 Å². The molecule has 0 amide bonds. The second-order valence-electron chi connectivity index (χ2n) is 8.05. The first-order valence-corrected chi connectivity index (χ1v) is 11.1. The Bertz CT molecular complexity index is 1060. The minimum atomic E-state index is 0.0512. The third-order valence-electron chi connectivity index (χ3n) is 5.63. The molecule has 0 aliphatic carbocycles. The molecule has 2 aromatic carbocycles. The summed E-state index contributed by atoms with van der Waals surface area (Å²) in [4.78, 5) is 15.8. The van der Waals surface area contributed by atoms with Gasteiger partial charge in [0.1, 0.15) is 11.5 Å². The van der Waals surface area contributed by atoms with Crippen molar-refractivity contribution in [1.29, 1.82) is 0 Å². The van der Waals surface area contributed by atoms with Crippen molar-refractivity contribution in [1.82, 2.24) is 14.8 Å². The Balaban J connectivity index is 1.68. The van der Waals surface area contributed by atoms with Gasteiger partial charge >= 0.3 is 0 Å². The van der Waals surface area contributed by atoms with Crippen molar-refractivity contribution in [2.45, 2.75) is 33.0 Å². The van der Waals surface area contributed by atoms with Crippen molar-refractivity contribution in [2.24, 2.45) is 0 Å². The lowest BCUT2D eigenvalue weighted by atomic mass is 10.1. The molecule has 0 saturated carbocycles. The van der Waals surface area contributed by atoms with E-state index in [2.05, 4.69) is 17.1 Å². The van der Waals surface area contributed by atoms with E-state index in [1.807, 2.05) is 66.1 Å². The fourth-order valence-electron chi connectivity index (χ4n) is 4.13. The number of hydrogen-bond acceptors (Lipinski definition) is 5. The van der Waals surface area contributed by atoms with Gasteiger partial charge < -0.3 is 19.4 Å². The Morgan fingerprint density at radius 2 is 1.94 bits per heavy atom. The Hall–Kier alpha value is -2.67. The lowest BCUT2D eigenvalue weighted by Gasteiger charge is -2.31. The van der Waals surface area contributed by atoms with E-state index in [4.69, 9.17) is 9.47 Å². The summed E-state index contributed by atoms with van der Waals surface area (Å²) in [6, 6.07) is 18.1. The molecule has 164 valence electrons. The Morgan fingerprint density at radius 1 is 1.10 bits per heavy atom. The molecule has 1 aliphatic heterocycles. The van der Waals surface area contributed by atoms with Crippen LogP contribution in [-0.4, -0.2) is 48.4 Å². The van der Waals surface area contributed by atoms with Gasteiger partial charge in [-0.2, -0.15) is 0 Å². The summed E-state index contributed by atoms with van der Waals surface area (Å²) < 4.78 is 13.4. The molecule has 2 heterocycles. The zero-order valence-electron chi connectivity index (χ0n) is 18.3. The average Bonchev–Trinajstić information content (AvgIpc) is 2.77. The molecule has 3 aromatic rings. The molecule has 1 unspecified atom stereocenters. The summed E-state index contributed by atoms with van der Waals surface area (Å²) in [6.45, 7) is 9.31. The molecule has 1 aliphatic rings. The first-order chi connectivity index (χ1) is 15.1. The summed E-state index contributed by atoms with van der Waals surface area (Å²) in [5.74, 6) is 1.49. The van der Waals surface area contributed by atoms with Crippen molar-refractivity contribution in [2.75, 3.05) is 32.8 Å². The van der Waals surface area contributed by atoms with Gasteiger partial charge in [0, 0.05) is 57.0 Å². The highest BCUT2D eigenvalue weighted by Gasteiger charge is 2.18. The largest absolute Gasteiger partial charge is 0.457 e. The standard InChI is InChI=1S/C25H31N3O3/c1-3-30-14-13-28-24-16-23(31-22-7-5-4-6-8-22)10-9-20(24)15-21(25(28)29)18-27-12-11-26-19(2)17-27/h4-10,15-16,19,26H,3,11-14,17-18H2,1-2H3. The number of piperazine rings is 1. The fraction of sp³-hybridized carbons (Fsp3) is 0.400. The Kier molecular flexibility index (Phi) is 7.02. The zero-order chi connectivity index (χ0) is 21.6. The lowest BCUT2D eigenvalue weighted by molar-refractivity contribution is 0.139. The SMILES string of the molecule is CCOCCn1c(=O)c(CN2CCNC(C)C2)cc2ccc(Oc3ccccc3)cc21. The summed E-state index contributed by atoms with van der Waals surface area (Å²) in [7, 11) is 0. The van der Waals surface area contributed by atoms with Crippen LogP contribution in [0.5, 0.6) is 11.5 Å². The molecular weight excluding hydrogens is 390 g/mol. The maximum absolute atomic E-state index is 13.4. The monoisotopic (exact) mass is 421 g/mol. The average molecular weight is 422 g/mol. The molecule has 1 aromatic heterocycles. The molecule has 1 saturated heterocycles. The highest BCUT2D eigenvalue weighted by Crippen LogP contribution is 2.26. The van der Waals surface area contributed by atoms with Gasteiger partial charge in [-0.25, -0.2) is 0 Å². The van der Waals surface area contributed by atoms with Crippen LogP contribution in [0.3, 0.4) is 0 Å². The molecule has 0 spiro atoms. The topological polar surface area (TPSA) is 55.7 Å². The molecule has 4 rings (SSSR count). The Morgan fingerprint density at radius 3 is 2.71 bits per heavy atom. The van der Waals surface area contributed by atoms with Gasteiger partial charge in [-0.05, 0) is 49.6 Å². The summed E-state index contributed by atoms with van der Waals surface area (Å²) in [5.41, 5.74) is 1.75. The van der Waals surface area contributed by atoms with Gasteiger partial charge in [-0.1, -0.05) is 18.2 Å². The van der Waals surface area contributed by atoms with Crippen molar-refractivity contribution in [3.05, 3.63) is 70.5 Å². The van der Waals surface area contributed by atoms with E-state index in [1.54, 1.807) is 0 Å². The Labute approximate surface area is 183 Å². The smallest absolute Gasteiger partial charge is 0.255 e. The second kappa shape index (κ2) is 10.1. The zero-order valence-corrected chi connectivity index (χ0v) is 18.3. The number of nitrogens with one attached hydrogen (secondary N) is 1. The normalized spacial score (nSPS) is 17.2. The van der Waals surface area contributed by atoms with Crippen LogP contribution in [-0.2, 0) is 17.8 Å². The number of nitrogens with zero attached hydrogens (tertiary/aromatic N) is 2. The van der Waals surface area contributed by atoms with Crippen LogP contribution in [0.1, 0.15) is 19.4 Å². The second-order valence-corrected chi connectivity index (χ2v) is 8.05. The van der Waals surface area contributed by atoms with Crippen LogP contribution < -0.4 is 15.6 Å². The number of hydrogen-bond donors (Lipinski definition) is 1. The third kappa shape index (κ3) is 5.34.